The molecule has 0 saturated carbocycles. The van der Waals surface area contributed by atoms with Crippen LogP contribution in [0.5, 0.6) is 5.75 Å². The number of carbonyl (C=O) groups is 2. The van der Waals surface area contributed by atoms with Gasteiger partial charge in [0.1, 0.15) is 0 Å². The number of hydrogen-bond acceptors (Lipinski definition) is 5. The Morgan fingerprint density at radius 3 is 2.86 bits per heavy atom. The average molecular weight is 293 g/mol. The molecule has 2 amide bonds. The SMILES string of the molecule is COc1cc(C(=O)N2CCNC(=O)CC2)ccc1[N+](=O)[O-]. The van der Waals surface area contributed by atoms with E-state index in [2.05, 4.69) is 5.32 Å². The highest BCUT2D eigenvalue weighted by molar-refractivity contribution is 5.95. The van der Waals surface area contributed by atoms with Crippen LogP contribution in [0.1, 0.15) is 16.8 Å². The zero-order valence-electron chi connectivity index (χ0n) is 11.5. The number of nitrogens with one attached hydrogen (secondary N) is 1. The molecule has 21 heavy (non-hydrogen) atoms. The van der Waals surface area contributed by atoms with Crippen LogP contribution in [0, 0.1) is 10.1 Å². The highest BCUT2D eigenvalue weighted by Gasteiger charge is 2.22. The van der Waals surface area contributed by atoms with Crippen molar-refractivity contribution in [2.24, 2.45) is 0 Å². The van der Waals surface area contributed by atoms with Gasteiger partial charge < -0.3 is 15.0 Å². The van der Waals surface area contributed by atoms with Crippen LogP contribution >= 0.6 is 0 Å². The number of methoxy groups -OCH3 is 1. The molecule has 1 heterocycles. The highest BCUT2D eigenvalue weighted by atomic mass is 16.6. The van der Waals surface area contributed by atoms with E-state index in [1.807, 2.05) is 0 Å². The number of nitrogens with zero attached hydrogens (tertiary/aromatic N) is 2. The lowest BCUT2D eigenvalue weighted by molar-refractivity contribution is -0.385. The lowest BCUT2D eigenvalue weighted by Crippen LogP contribution is -2.34. The van der Waals surface area contributed by atoms with Crippen LogP contribution in [0.15, 0.2) is 18.2 Å². The van der Waals surface area contributed by atoms with Gasteiger partial charge in [0.15, 0.2) is 5.75 Å². The number of hydrogen-bond donors (Lipinski definition) is 1. The maximum atomic E-state index is 12.4. The fourth-order valence-electron chi connectivity index (χ4n) is 2.11. The number of amides is 2. The smallest absolute Gasteiger partial charge is 0.310 e. The number of rotatable bonds is 3. The molecular formula is C13H15N3O5. The van der Waals surface area contributed by atoms with Crippen LogP contribution < -0.4 is 10.1 Å². The van der Waals surface area contributed by atoms with E-state index < -0.39 is 4.92 Å². The van der Waals surface area contributed by atoms with E-state index in [1.54, 1.807) is 4.90 Å². The van der Waals surface area contributed by atoms with E-state index >= 15 is 0 Å². The Bertz CT molecular complexity index is 587. The monoisotopic (exact) mass is 293 g/mol. The molecule has 2 rings (SSSR count). The first kappa shape index (κ1) is 14.8. The third-order valence-electron chi connectivity index (χ3n) is 3.22. The minimum Gasteiger partial charge on any atom is -0.490 e. The Balaban J connectivity index is 2.22. The number of ether oxygens (including phenoxy) is 1. The van der Waals surface area contributed by atoms with Crippen molar-refractivity contribution in [3.63, 3.8) is 0 Å². The van der Waals surface area contributed by atoms with Gasteiger partial charge in [0.05, 0.1) is 12.0 Å². The summed E-state index contributed by atoms with van der Waals surface area (Å²) in [4.78, 5) is 35.4. The number of carbonyl (C=O) groups excluding carboxylic acids is 2. The molecule has 1 N–H and O–H groups in total. The summed E-state index contributed by atoms with van der Waals surface area (Å²) >= 11 is 0. The van der Waals surface area contributed by atoms with Crippen LogP contribution in [0.25, 0.3) is 0 Å². The lowest BCUT2D eigenvalue weighted by Gasteiger charge is -2.19. The van der Waals surface area contributed by atoms with E-state index in [-0.39, 0.29) is 29.7 Å². The Hall–Kier alpha value is -2.64. The average Bonchev–Trinajstić information content (AvgIpc) is 2.70. The van der Waals surface area contributed by atoms with Gasteiger partial charge >= 0.3 is 5.69 Å². The van der Waals surface area contributed by atoms with Crippen LogP contribution in [-0.4, -0.2) is 48.4 Å². The molecule has 0 unspecified atom stereocenters. The molecule has 0 radical (unpaired) electrons. The molecule has 1 fully saturated rings. The maximum absolute atomic E-state index is 12.4. The molecule has 8 heteroatoms. The number of benzene rings is 1. The van der Waals surface area contributed by atoms with Crippen molar-refractivity contribution < 1.29 is 19.2 Å². The van der Waals surface area contributed by atoms with Gasteiger partial charge in [-0.25, -0.2) is 0 Å². The van der Waals surface area contributed by atoms with Crippen LogP contribution in [0.2, 0.25) is 0 Å². The molecule has 0 aliphatic carbocycles. The summed E-state index contributed by atoms with van der Waals surface area (Å²) in [5.74, 6) is -0.332. The molecule has 0 bridgehead atoms. The topological polar surface area (TPSA) is 102 Å². The van der Waals surface area contributed by atoms with Crippen LogP contribution in [0.3, 0.4) is 0 Å². The third-order valence-corrected chi connectivity index (χ3v) is 3.22. The summed E-state index contributed by atoms with van der Waals surface area (Å²) in [7, 11) is 1.31. The normalized spacial score (nSPS) is 15.1. The Morgan fingerprint density at radius 1 is 1.43 bits per heavy atom. The first-order valence-electron chi connectivity index (χ1n) is 6.41. The highest BCUT2D eigenvalue weighted by Crippen LogP contribution is 2.28. The second kappa shape index (κ2) is 6.21. The first-order chi connectivity index (χ1) is 10.0. The van der Waals surface area contributed by atoms with Crippen LogP contribution in [-0.2, 0) is 4.79 Å². The van der Waals surface area contributed by atoms with E-state index in [4.69, 9.17) is 4.74 Å². The molecule has 1 saturated heterocycles. The van der Waals surface area contributed by atoms with Crippen molar-refractivity contribution in [3.05, 3.63) is 33.9 Å². The summed E-state index contributed by atoms with van der Waals surface area (Å²) in [5, 5.41) is 13.5. The summed E-state index contributed by atoms with van der Waals surface area (Å²) in [6.45, 7) is 1.13. The molecule has 1 aromatic carbocycles. The Morgan fingerprint density at radius 2 is 2.19 bits per heavy atom. The van der Waals surface area contributed by atoms with Gasteiger partial charge in [-0.1, -0.05) is 0 Å². The second-order valence-electron chi connectivity index (χ2n) is 4.54. The molecule has 0 aromatic heterocycles. The predicted molar refractivity (Wildman–Crippen MR) is 73.2 cm³/mol. The van der Waals surface area contributed by atoms with Crippen molar-refractivity contribution in [3.8, 4) is 5.75 Å². The van der Waals surface area contributed by atoms with Gasteiger partial charge in [-0.3, -0.25) is 19.7 Å². The first-order valence-corrected chi connectivity index (χ1v) is 6.41. The predicted octanol–water partition coefficient (Wildman–Crippen LogP) is 0.566. The Labute approximate surface area is 120 Å². The van der Waals surface area contributed by atoms with Crippen molar-refractivity contribution >= 4 is 17.5 Å². The number of nitro groups is 1. The summed E-state index contributed by atoms with van der Waals surface area (Å²) in [6.07, 6.45) is 0.246. The van der Waals surface area contributed by atoms with Gasteiger partial charge in [-0.05, 0) is 6.07 Å². The minimum atomic E-state index is -0.568. The Kier molecular flexibility index (Phi) is 4.36. The molecule has 0 spiro atoms. The molecule has 1 aromatic rings. The van der Waals surface area contributed by atoms with Gasteiger partial charge in [0, 0.05) is 43.8 Å². The number of nitro benzene ring substituents is 1. The van der Waals surface area contributed by atoms with Crippen molar-refractivity contribution in [1.29, 1.82) is 0 Å². The molecule has 8 nitrogen and oxygen atoms in total. The van der Waals surface area contributed by atoms with Gasteiger partial charge in [-0.2, -0.15) is 0 Å². The minimum absolute atomic E-state index is 0.0369. The van der Waals surface area contributed by atoms with Crippen molar-refractivity contribution in [2.75, 3.05) is 26.7 Å². The zero-order chi connectivity index (χ0) is 15.4. The van der Waals surface area contributed by atoms with E-state index in [9.17, 15) is 19.7 Å². The molecule has 0 atom stereocenters. The fourth-order valence-corrected chi connectivity index (χ4v) is 2.11. The van der Waals surface area contributed by atoms with Crippen molar-refractivity contribution in [2.45, 2.75) is 6.42 Å². The fraction of sp³-hybridized carbons (Fsp3) is 0.385. The van der Waals surface area contributed by atoms with Crippen molar-refractivity contribution in [1.82, 2.24) is 10.2 Å². The molecular weight excluding hydrogens is 278 g/mol. The molecule has 112 valence electrons. The van der Waals surface area contributed by atoms with E-state index in [1.165, 1.54) is 25.3 Å². The standard InChI is InChI=1S/C13H15N3O5/c1-21-11-8-9(2-3-10(11)16(19)20)13(18)15-6-4-12(17)14-5-7-15/h2-3,8H,4-7H2,1H3,(H,14,17). The summed E-state index contributed by atoms with van der Waals surface area (Å²) in [5.41, 5.74) is 0.105. The molecule has 1 aliphatic heterocycles. The third kappa shape index (κ3) is 3.28. The second-order valence-corrected chi connectivity index (χ2v) is 4.54. The molecule has 1 aliphatic rings. The van der Waals surface area contributed by atoms with Gasteiger partial charge in [0.2, 0.25) is 5.91 Å². The van der Waals surface area contributed by atoms with Gasteiger partial charge in [-0.15, -0.1) is 0 Å². The van der Waals surface area contributed by atoms with Gasteiger partial charge in [0.25, 0.3) is 5.91 Å². The van der Waals surface area contributed by atoms with E-state index in [0.717, 1.165) is 0 Å². The summed E-state index contributed by atoms with van der Waals surface area (Å²) in [6, 6.07) is 3.98. The quantitative estimate of drug-likeness (QED) is 0.648. The maximum Gasteiger partial charge on any atom is 0.310 e. The van der Waals surface area contributed by atoms with E-state index in [0.29, 0.717) is 25.2 Å². The zero-order valence-corrected chi connectivity index (χ0v) is 11.5. The largest absolute Gasteiger partial charge is 0.490 e. The summed E-state index contributed by atoms with van der Waals surface area (Å²) < 4.78 is 4.95. The lowest BCUT2D eigenvalue weighted by atomic mass is 10.1. The van der Waals surface area contributed by atoms with Crippen LogP contribution in [0.4, 0.5) is 5.69 Å².